The van der Waals surface area contributed by atoms with Gasteiger partial charge in [-0.05, 0) is 37.5 Å². The van der Waals surface area contributed by atoms with Gasteiger partial charge in [-0.1, -0.05) is 0 Å². The summed E-state index contributed by atoms with van der Waals surface area (Å²) in [4.78, 5) is 14.9. The van der Waals surface area contributed by atoms with Gasteiger partial charge in [0, 0.05) is 5.54 Å². The van der Waals surface area contributed by atoms with Crippen LogP contribution < -0.4 is 5.32 Å². The van der Waals surface area contributed by atoms with Crippen molar-refractivity contribution in [3.8, 4) is 0 Å². The molecule has 1 aromatic heterocycles. The van der Waals surface area contributed by atoms with Gasteiger partial charge in [0.1, 0.15) is 5.52 Å². The van der Waals surface area contributed by atoms with Crippen LogP contribution in [0.3, 0.4) is 0 Å². The quantitative estimate of drug-likeness (QED) is 0.892. The van der Waals surface area contributed by atoms with E-state index in [-0.39, 0.29) is 10.9 Å². The summed E-state index contributed by atoms with van der Waals surface area (Å²) in [5.41, 5.74) is -1.02. The smallest absolute Gasteiger partial charge is 0.416 e. The predicted octanol–water partition coefficient (Wildman–Crippen LogP) is 3.29. The number of benzene rings is 1. The normalized spacial score (nSPS) is 29.8. The first-order valence-corrected chi connectivity index (χ1v) is 6.71. The number of alkyl halides is 3. The van der Waals surface area contributed by atoms with Crippen molar-refractivity contribution in [3.05, 3.63) is 29.7 Å². The van der Waals surface area contributed by atoms with Crippen molar-refractivity contribution >= 4 is 17.2 Å². The Labute approximate surface area is 122 Å². The average Bonchev–Trinajstić information content (AvgIpc) is 2.72. The molecule has 1 aromatic carbocycles. The van der Waals surface area contributed by atoms with Gasteiger partial charge in [-0.25, -0.2) is 9.78 Å². The van der Waals surface area contributed by atoms with Gasteiger partial charge in [-0.15, -0.1) is 0 Å². The predicted molar refractivity (Wildman–Crippen MR) is 68.4 cm³/mol. The highest BCUT2D eigenvalue weighted by Crippen LogP contribution is 2.67. The molecule has 0 radical (unpaired) electrons. The first kappa shape index (κ1) is 13.4. The van der Waals surface area contributed by atoms with Crippen LogP contribution in [-0.4, -0.2) is 21.7 Å². The summed E-state index contributed by atoms with van der Waals surface area (Å²) >= 11 is 0. The van der Waals surface area contributed by atoms with Crippen molar-refractivity contribution in [2.24, 2.45) is 0 Å². The number of oxazole rings is 1. The molecule has 0 atom stereocenters. The van der Waals surface area contributed by atoms with Gasteiger partial charge in [0.2, 0.25) is 5.89 Å². The first-order valence-electron chi connectivity index (χ1n) is 6.71. The van der Waals surface area contributed by atoms with E-state index in [1.54, 1.807) is 0 Å². The molecular formula is C14H11F3N2O3. The molecule has 2 bridgehead atoms. The maximum Gasteiger partial charge on any atom is 0.416 e. The fourth-order valence-corrected chi connectivity index (χ4v) is 3.70. The minimum atomic E-state index is -4.42. The minimum absolute atomic E-state index is 0.176. The summed E-state index contributed by atoms with van der Waals surface area (Å²) in [7, 11) is 0. The van der Waals surface area contributed by atoms with E-state index in [9.17, 15) is 18.0 Å². The Morgan fingerprint density at radius 3 is 2.59 bits per heavy atom. The third-order valence-corrected chi connectivity index (χ3v) is 4.57. The summed E-state index contributed by atoms with van der Waals surface area (Å²) in [5, 5.41) is 11.2. The van der Waals surface area contributed by atoms with Crippen LogP contribution in [0.1, 0.15) is 30.7 Å². The number of aromatic nitrogens is 1. The third-order valence-electron chi connectivity index (χ3n) is 4.57. The third kappa shape index (κ3) is 1.72. The van der Waals surface area contributed by atoms with Gasteiger partial charge in [0.25, 0.3) is 0 Å². The van der Waals surface area contributed by atoms with Crippen molar-refractivity contribution in [1.82, 2.24) is 10.3 Å². The molecule has 5 rings (SSSR count). The van der Waals surface area contributed by atoms with E-state index in [0.29, 0.717) is 30.7 Å². The second-order valence-corrected chi connectivity index (χ2v) is 6.22. The molecule has 0 unspecified atom stereocenters. The molecule has 3 fully saturated rings. The summed E-state index contributed by atoms with van der Waals surface area (Å²) in [6.07, 6.45) is -3.76. The number of nitrogens with zero attached hydrogens (tertiary/aromatic N) is 1. The number of amides is 1. The molecule has 2 N–H and O–H groups in total. The summed E-state index contributed by atoms with van der Waals surface area (Å²) in [6.45, 7) is 0. The molecule has 22 heavy (non-hydrogen) atoms. The van der Waals surface area contributed by atoms with Crippen LogP contribution in [0.2, 0.25) is 0 Å². The monoisotopic (exact) mass is 312 g/mol. The lowest BCUT2D eigenvalue weighted by molar-refractivity contribution is -0.137. The Hall–Kier alpha value is -2.25. The highest BCUT2D eigenvalue weighted by atomic mass is 19.4. The van der Waals surface area contributed by atoms with Crippen LogP contribution in [0, 0.1) is 0 Å². The number of fused-ring (bicyclic) bond motifs is 1. The Kier molecular flexibility index (Phi) is 2.28. The van der Waals surface area contributed by atoms with Crippen LogP contribution in [-0.2, 0) is 11.6 Å². The lowest BCUT2D eigenvalue weighted by atomic mass is 9.39. The number of nitrogens with one attached hydrogen (secondary N) is 1. The summed E-state index contributed by atoms with van der Waals surface area (Å²) in [6, 6.07) is 3.21. The van der Waals surface area contributed by atoms with Crippen molar-refractivity contribution in [1.29, 1.82) is 0 Å². The zero-order chi connectivity index (χ0) is 15.8. The number of hydrogen-bond acceptors (Lipinski definition) is 3. The van der Waals surface area contributed by atoms with Crippen molar-refractivity contribution in [2.45, 2.75) is 36.4 Å². The fraction of sp³-hybridized carbons (Fsp3) is 0.429. The van der Waals surface area contributed by atoms with Gasteiger partial charge in [-0.2, -0.15) is 13.2 Å². The zero-order valence-electron chi connectivity index (χ0n) is 11.2. The molecule has 5 nitrogen and oxygen atoms in total. The number of carbonyl (C=O) groups is 1. The minimum Gasteiger partial charge on any atom is -0.465 e. The standard InChI is InChI=1S/C14H11F3N2O3/c15-14(16,17)7-1-2-9-8(3-7)18-10(22-9)12-4-13(5-12,6-12)19-11(20)21/h1-3,19H,4-6H2,(H,20,21). The Bertz CT molecular complexity index is 776. The highest BCUT2D eigenvalue weighted by molar-refractivity contribution is 5.74. The Balaban J connectivity index is 1.62. The molecule has 3 aliphatic rings. The van der Waals surface area contributed by atoms with E-state index < -0.39 is 23.4 Å². The van der Waals surface area contributed by atoms with Gasteiger partial charge in [-0.3, -0.25) is 0 Å². The van der Waals surface area contributed by atoms with E-state index in [0.717, 1.165) is 12.1 Å². The summed E-state index contributed by atoms with van der Waals surface area (Å²) in [5.74, 6) is 0.399. The van der Waals surface area contributed by atoms with E-state index in [4.69, 9.17) is 9.52 Å². The van der Waals surface area contributed by atoms with Crippen molar-refractivity contribution in [3.63, 3.8) is 0 Å². The molecule has 0 aliphatic heterocycles. The van der Waals surface area contributed by atoms with Gasteiger partial charge < -0.3 is 14.8 Å². The molecule has 1 amide bonds. The average molecular weight is 312 g/mol. The second-order valence-electron chi connectivity index (χ2n) is 6.22. The first-order chi connectivity index (χ1) is 10.2. The molecule has 0 spiro atoms. The molecule has 8 heteroatoms. The number of rotatable bonds is 2. The second kappa shape index (κ2) is 3.74. The highest BCUT2D eigenvalue weighted by Gasteiger charge is 2.71. The maximum atomic E-state index is 12.7. The molecule has 3 aliphatic carbocycles. The van der Waals surface area contributed by atoms with Crippen molar-refractivity contribution in [2.75, 3.05) is 0 Å². The maximum absolute atomic E-state index is 12.7. The molecular weight excluding hydrogens is 301 g/mol. The fourth-order valence-electron chi connectivity index (χ4n) is 3.70. The van der Waals surface area contributed by atoms with Crippen LogP contribution in [0.4, 0.5) is 18.0 Å². The topological polar surface area (TPSA) is 75.4 Å². The van der Waals surface area contributed by atoms with E-state index in [1.165, 1.54) is 6.07 Å². The SMILES string of the molecule is O=C(O)NC12CC(c3nc4cc(C(F)(F)F)ccc4o3)(C1)C2. The van der Waals surface area contributed by atoms with Gasteiger partial charge >= 0.3 is 12.3 Å². The van der Waals surface area contributed by atoms with E-state index >= 15 is 0 Å². The van der Waals surface area contributed by atoms with Crippen LogP contribution in [0.15, 0.2) is 22.6 Å². The zero-order valence-corrected chi connectivity index (χ0v) is 11.2. The van der Waals surface area contributed by atoms with E-state index in [1.807, 2.05) is 0 Å². The lowest BCUT2D eigenvalue weighted by Gasteiger charge is -2.68. The summed E-state index contributed by atoms with van der Waals surface area (Å²) < 4.78 is 43.7. The number of carboxylic acid groups (broad SMARTS) is 1. The van der Waals surface area contributed by atoms with Crippen LogP contribution in [0.5, 0.6) is 0 Å². The van der Waals surface area contributed by atoms with Gasteiger partial charge in [0.05, 0.1) is 11.0 Å². The van der Waals surface area contributed by atoms with Gasteiger partial charge in [0.15, 0.2) is 5.58 Å². The molecule has 0 saturated heterocycles. The Morgan fingerprint density at radius 1 is 1.32 bits per heavy atom. The lowest BCUT2D eigenvalue weighted by Crippen LogP contribution is -2.76. The van der Waals surface area contributed by atoms with E-state index in [2.05, 4.69) is 10.3 Å². The molecule has 116 valence electrons. The van der Waals surface area contributed by atoms with Crippen LogP contribution >= 0.6 is 0 Å². The number of halogens is 3. The Morgan fingerprint density at radius 2 is 2.00 bits per heavy atom. The van der Waals surface area contributed by atoms with Crippen LogP contribution in [0.25, 0.3) is 11.1 Å². The van der Waals surface area contributed by atoms with Crippen molar-refractivity contribution < 1.29 is 27.5 Å². The molecule has 2 aromatic rings. The molecule has 3 saturated carbocycles. The number of hydrogen-bond donors (Lipinski definition) is 2. The molecule has 1 heterocycles. The largest absolute Gasteiger partial charge is 0.465 e.